The number of aromatic nitrogens is 2. The van der Waals surface area contributed by atoms with Gasteiger partial charge >= 0.3 is 0 Å². The lowest BCUT2D eigenvalue weighted by atomic mass is 10.2. The SMILES string of the molecule is COc1ccccc1N1CCN(C(=O)CCc2nc(-c3ccc(I)cc3)no2)CC1. The number of halogens is 1. The maximum atomic E-state index is 12.6. The predicted molar refractivity (Wildman–Crippen MR) is 123 cm³/mol. The minimum Gasteiger partial charge on any atom is -0.495 e. The van der Waals surface area contributed by atoms with Gasteiger partial charge in [-0.2, -0.15) is 4.98 Å². The molecule has 4 rings (SSSR count). The van der Waals surface area contributed by atoms with E-state index in [1.165, 1.54) is 0 Å². The Bertz CT molecular complexity index is 998. The van der Waals surface area contributed by atoms with Gasteiger partial charge in [0, 0.05) is 48.2 Å². The summed E-state index contributed by atoms with van der Waals surface area (Å²) in [4.78, 5) is 21.2. The Morgan fingerprint density at radius 1 is 1.10 bits per heavy atom. The maximum Gasteiger partial charge on any atom is 0.227 e. The smallest absolute Gasteiger partial charge is 0.227 e. The van der Waals surface area contributed by atoms with Gasteiger partial charge in [0.25, 0.3) is 0 Å². The summed E-state index contributed by atoms with van der Waals surface area (Å²) < 4.78 is 11.9. The fourth-order valence-electron chi connectivity index (χ4n) is 3.53. The molecule has 0 N–H and O–H groups in total. The number of benzene rings is 2. The van der Waals surface area contributed by atoms with Gasteiger partial charge in [-0.3, -0.25) is 4.79 Å². The number of aryl methyl sites for hydroxylation is 1. The predicted octanol–water partition coefficient (Wildman–Crippen LogP) is 3.63. The Kier molecular flexibility index (Phi) is 6.51. The highest BCUT2D eigenvalue weighted by Gasteiger charge is 2.23. The minimum atomic E-state index is 0.115. The molecule has 3 aromatic rings. The van der Waals surface area contributed by atoms with Gasteiger partial charge in [0.2, 0.25) is 17.6 Å². The lowest BCUT2D eigenvalue weighted by Crippen LogP contribution is -2.48. The quantitative estimate of drug-likeness (QED) is 0.465. The second-order valence-corrected chi connectivity index (χ2v) is 8.30. The first-order valence-electron chi connectivity index (χ1n) is 9.88. The molecule has 1 aliphatic heterocycles. The standard InChI is InChI=1S/C22H23IN4O3/c1-29-19-5-3-2-4-18(19)26-12-14-27(15-13-26)21(28)11-10-20-24-22(25-30-20)16-6-8-17(23)9-7-16/h2-9H,10-15H2,1H3. The largest absolute Gasteiger partial charge is 0.495 e. The number of nitrogens with zero attached hydrogens (tertiary/aromatic N) is 4. The highest BCUT2D eigenvalue weighted by Crippen LogP contribution is 2.28. The molecule has 1 aliphatic rings. The van der Waals surface area contributed by atoms with Crippen LogP contribution in [0.5, 0.6) is 5.75 Å². The Labute approximate surface area is 189 Å². The topological polar surface area (TPSA) is 71.7 Å². The van der Waals surface area contributed by atoms with Crippen LogP contribution in [0.25, 0.3) is 11.4 Å². The number of anilines is 1. The molecule has 0 spiro atoms. The molecule has 1 saturated heterocycles. The molecule has 0 saturated carbocycles. The zero-order valence-electron chi connectivity index (χ0n) is 16.8. The minimum absolute atomic E-state index is 0.115. The molecule has 2 heterocycles. The molecule has 1 amide bonds. The van der Waals surface area contributed by atoms with Gasteiger partial charge < -0.3 is 19.1 Å². The summed E-state index contributed by atoms with van der Waals surface area (Å²) in [7, 11) is 1.68. The third-order valence-electron chi connectivity index (χ3n) is 5.18. The highest BCUT2D eigenvalue weighted by atomic mass is 127. The number of rotatable bonds is 6. The summed E-state index contributed by atoms with van der Waals surface area (Å²) in [5, 5.41) is 4.03. The van der Waals surface area contributed by atoms with E-state index in [1.54, 1.807) is 7.11 Å². The first-order chi connectivity index (χ1) is 14.6. The number of methoxy groups -OCH3 is 1. The molecule has 156 valence electrons. The molecule has 0 radical (unpaired) electrons. The number of amides is 1. The first kappa shape index (κ1) is 20.6. The van der Waals surface area contributed by atoms with Crippen LogP contribution in [0.15, 0.2) is 53.1 Å². The monoisotopic (exact) mass is 518 g/mol. The van der Waals surface area contributed by atoms with Crippen LogP contribution in [0.2, 0.25) is 0 Å². The number of piperazine rings is 1. The molecule has 2 aromatic carbocycles. The number of hydrogen-bond acceptors (Lipinski definition) is 6. The zero-order chi connectivity index (χ0) is 20.9. The number of ether oxygens (including phenoxy) is 1. The van der Waals surface area contributed by atoms with Gasteiger partial charge in [-0.15, -0.1) is 0 Å². The molecule has 7 nitrogen and oxygen atoms in total. The average Bonchev–Trinajstić information content (AvgIpc) is 3.27. The van der Waals surface area contributed by atoms with Crippen molar-refractivity contribution in [2.24, 2.45) is 0 Å². The van der Waals surface area contributed by atoms with Crippen molar-refractivity contribution in [2.75, 3.05) is 38.2 Å². The van der Waals surface area contributed by atoms with Crippen LogP contribution in [-0.2, 0) is 11.2 Å². The third-order valence-corrected chi connectivity index (χ3v) is 5.90. The summed E-state index contributed by atoms with van der Waals surface area (Å²) in [5.41, 5.74) is 1.98. The van der Waals surface area contributed by atoms with Crippen molar-refractivity contribution >= 4 is 34.2 Å². The number of carbonyl (C=O) groups is 1. The van der Waals surface area contributed by atoms with E-state index in [4.69, 9.17) is 9.26 Å². The van der Waals surface area contributed by atoms with Crippen LogP contribution >= 0.6 is 22.6 Å². The number of para-hydroxylation sites is 2. The van der Waals surface area contributed by atoms with Crippen molar-refractivity contribution in [3.05, 3.63) is 58.0 Å². The van der Waals surface area contributed by atoms with Crippen LogP contribution in [0.3, 0.4) is 0 Å². The highest BCUT2D eigenvalue weighted by molar-refractivity contribution is 14.1. The summed E-state index contributed by atoms with van der Waals surface area (Å²) in [6, 6.07) is 15.9. The lowest BCUT2D eigenvalue weighted by molar-refractivity contribution is -0.131. The van der Waals surface area contributed by atoms with Gasteiger partial charge in [0.05, 0.1) is 12.8 Å². The fourth-order valence-corrected chi connectivity index (χ4v) is 3.89. The van der Waals surface area contributed by atoms with E-state index in [0.29, 0.717) is 37.6 Å². The van der Waals surface area contributed by atoms with Gasteiger partial charge in [-0.1, -0.05) is 29.4 Å². The van der Waals surface area contributed by atoms with E-state index in [1.807, 2.05) is 47.4 Å². The molecule has 0 unspecified atom stereocenters. The van der Waals surface area contributed by atoms with E-state index in [2.05, 4.69) is 43.7 Å². The fraction of sp³-hybridized carbons (Fsp3) is 0.318. The van der Waals surface area contributed by atoms with Crippen molar-refractivity contribution in [1.29, 1.82) is 0 Å². The Hall–Kier alpha value is -2.62. The normalized spacial score (nSPS) is 14.1. The van der Waals surface area contributed by atoms with E-state index < -0.39 is 0 Å². The molecular weight excluding hydrogens is 495 g/mol. The Morgan fingerprint density at radius 2 is 1.83 bits per heavy atom. The molecule has 8 heteroatoms. The Balaban J connectivity index is 1.29. The number of hydrogen-bond donors (Lipinski definition) is 0. The van der Waals surface area contributed by atoms with Crippen LogP contribution in [-0.4, -0.2) is 54.2 Å². The van der Waals surface area contributed by atoms with Crippen molar-refractivity contribution < 1.29 is 14.1 Å². The van der Waals surface area contributed by atoms with Gasteiger partial charge in [-0.25, -0.2) is 0 Å². The van der Waals surface area contributed by atoms with Crippen molar-refractivity contribution in [3.8, 4) is 17.1 Å². The molecular formula is C22H23IN4O3. The zero-order valence-corrected chi connectivity index (χ0v) is 18.9. The maximum absolute atomic E-state index is 12.6. The van der Waals surface area contributed by atoms with E-state index in [-0.39, 0.29) is 5.91 Å². The van der Waals surface area contributed by atoms with Crippen LogP contribution < -0.4 is 9.64 Å². The molecule has 30 heavy (non-hydrogen) atoms. The Morgan fingerprint density at radius 3 is 2.57 bits per heavy atom. The van der Waals surface area contributed by atoms with E-state index >= 15 is 0 Å². The average molecular weight is 518 g/mol. The summed E-state index contributed by atoms with van der Waals surface area (Å²) in [5.74, 6) is 2.02. The second kappa shape index (κ2) is 9.46. The van der Waals surface area contributed by atoms with E-state index in [0.717, 1.165) is 33.7 Å². The summed E-state index contributed by atoms with van der Waals surface area (Å²) in [6.45, 7) is 2.94. The first-order valence-corrected chi connectivity index (χ1v) is 11.0. The van der Waals surface area contributed by atoms with Crippen molar-refractivity contribution in [2.45, 2.75) is 12.8 Å². The number of carbonyl (C=O) groups excluding carboxylic acids is 1. The van der Waals surface area contributed by atoms with Crippen LogP contribution in [0.4, 0.5) is 5.69 Å². The summed E-state index contributed by atoms with van der Waals surface area (Å²) in [6.07, 6.45) is 0.811. The van der Waals surface area contributed by atoms with Crippen LogP contribution in [0.1, 0.15) is 12.3 Å². The molecule has 0 aliphatic carbocycles. The molecule has 1 aromatic heterocycles. The van der Waals surface area contributed by atoms with Crippen molar-refractivity contribution in [3.63, 3.8) is 0 Å². The second-order valence-electron chi connectivity index (χ2n) is 7.06. The van der Waals surface area contributed by atoms with Gasteiger partial charge in [-0.05, 0) is 46.9 Å². The third kappa shape index (κ3) is 4.75. The van der Waals surface area contributed by atoms with Gasteiger partial charge in [0.1, 0.15) is 5.75 Å². The van der Waals surface area contributed by atoms with Crippen LogP contribution in [0, 0.1) is 3.57 Å². The van der Waals surface area contributed by atoms with Gasteiger partial charge in [0.15, 0.2) is 0 Å². The summed E-state index contributed by atoms with van der Waals surface area (Å²) >= 11 is 2.25. The molecule has 0 bridgehead atoms. The molecule has 0 atom stereocenters. The molecule has 1 fully saturated rings. The van der Waals surface area contributed by atoms with E-state index in [9.17, 15) is 4.79 Å². The van der Waals surface area contributed by atoms with Crippen molar-refractivity contribution in [1.82, 2.24) is 15.0 Å². The lowest BCUT2D eigenvalue weighted by Gasteiger charge is -2.36.